The first-order valence-electron chi connectivity index (χ1n) is 2.49. The largest absolute Gasteiger partial charge is 0.495 e. The lowest BCUT2D eigenvalue weighted by Crippen LogP contribution is -2.14. The molecule has 0 unspecified atom stereocenters. The Bertz CT molecular complexity index is 81.0. The summed E-state index contributed by atoms with van der Waals surface area (Å²) in [6, 6.07) is 0. The third kappa shape index (κ3) is 6.02. The van der Waals surface area contributed by atoms with Gasteiger partial charge in [-0.1, -0.05) is 15.9 Å². The Labute approximate surface area is 58.9 Å². The van der Waals surface area contributed by atoms with Crippen LogP contribution in [-0.4, -0.2) is 5.60 Å². The van der Waals surface area contributed by atoms with Crippen molar-refractivity contribution >= 4 is 15.9 Å². The average molecular weight is 179 g/mol. The molecule has 0 aliphatic carbocycles. The van der Waals surface area contributed by atoms with Crippen LogP contribution in [0, 0.1) is 0 Å². The molecule has 0 bridgehead atoms. The van der Waals surface area contributed by atoms with E-state index in [2.05, 4.69) is 15.9 Å². The molecular weight excluding hydrogens is 168 g/mol. The highest BCUT2D eigenvalue weighted by Gasteiger charge is 2.06. The Hall–Kier alpha value is 0.0200. The van der Waals surface area contributed by atoms with E-state index in [1.807, 2.05) is 20.8 Å². The Kier molecular flexibility index (Phi) is 3.13. The van der Waals surface area contributed by atoms with Crippen molar-refractivity contribution in [2.75, 3.05) is 0 Å². The van der Waals surface area contributed by atoms with E-state index in [1.165, 1.54) is 0 Å². The first-order valence-corrected chi connectivity index (χ1v) is 3.41. The minimum Gasteiger partial charge on any atom is -0.495 e. The zero-order valence-corrected chi connectivity index (χ0v) is 7.03. The van der Waals surface area contributed by atoms with Gasteiger partial charge in [0.1, 0.15) is 0 Å². The molecule has 0 aromatic carbocycles. The molecule has 0 saturated heterocycles. The SMILES string of the molecule is CC(C)(C)OC=CBr. The van der Waals surface area contributed by atoms with Crippen LogP contribution in [0.25, 0.3) is 0 Å². The molecule has 0 N–H and O–H groups in total. The highest BCUT2D eigenvalue weighted by atomic mass is 79.9. The van der Waals surface area contributed by atoms with E-state index in [1.54, 1.807) is 11.2 Å². The van der Waals surface area contributed by atoms with Gasteiger partial charge in [-0.3, -0.25) is 0 Å². The summed E-state index contributed by atoms with van der Waals surface area (Å²) >= 11 is 3.10. The summed E-state index contributed by atoms with van der Waals surface area (Å²) in [4.78, 5) is 1.69. The van der Waals surface area contributed by atoms with Crippen LogP contribution in [0.4, 0.5) is 0 Å². The van der Waals surface area contributed by atoms with E-state index in [-0.39, 0.29) is 5.60 Å². The second kappa shape index (κ2) is 3.13. The molecule has 0 amide bonds. The van der Waals surface area contributed by atoms with Gasteiger partial charge in [-0.25, -0.2) is 0 Å². The van der Waals surface area contributed by atoms with Gasteiger partial charge in [0.15, 0.2) is 0 Å². The standard InChI is InChI=1S/C6H11BrO/c1-6(2,3)8-5-4-7/h4-5H,1-3H3. The van der Waals surface area contributed by atoms with Gasteiger partial charge < -0.3 is 4.74 Å². The van der Waals surface area contributed by atoms with Gasteiger partial charge in [0.2, 0.25) is 0 Å². The fourth-order valence-corrected chi connectivity index (χ4v) is 0.338. The topological polar surface area (TPSA) is 9.23 Å². The normalized spacial score (nSPS) is 12.5. The molecule has 0 atom stereocenters. The van der Waals surface area contributed by atoms with Gasteiger partial charge in [-0.2, -0.15) is 0 Å². The quantitative estimate of drug-likeness (QED) is 0.562. The van der Waals surface area contributed by atoms with Crippen molar-refractivity contribution in [3.8, 4) is 0 Å². The first kappa shape index (κ1) is 8.02. The third-order valence-corrected chi connectivity index (χ3v) is 0.689. The van der Waals surface area contributed by atoms with Crippen LogP contribution in [0.15, 0.2) is 11.2 Å². The number of hydrogen-bond donors (Lipinski definition) is 0. The number of rotatable bonds is 1. The number of ether oxygens (including phenoxy) is 1. The fraction of sp³-hybridized carbons (Fsp3) is 0.667. The van der Waals surface area contributed by atoms with Gasteiger partial charge in [0.25, 0.3) is 0 Å². The third-order valence-electron chi connectivity index (χ3n) is 0.473. The van der Waals surface area contributed by atoms with Crippen LogP contribution in [0.1, 0.15) is 20.8 Å². The van der Waals surface area contributed by atoms with Crippen molar-refractivity contribution in [1.82, 2.24) is 0 Å². The van der Waals surface area contributed by atoms with Crippen molar-refractivity contribution < 1.29 is 4.74 Å². The van der Waals surface area contributed by atoms with Crippen molar-refractivity contribution in [3.05, 3.63) is 11.2 Å². The van der Waals surface area contributed by atoms with Gasteiger partial charge in [0, 0.05) is 4.99 Å². The monoisotopic (exact) mass is 178 g/mol. The average Bonchev–Trinajstić information content (AvgIpc) is 1.59. The number of halogens is 1. The molecular formula is C6H11BrO. The van der Waals surface area contributed by atoms with Crippen molar-refractivity contribution in [3.63, 3.8) is 0 Å². The Morgan fingerprint density at radius 3 is 2.00 bits per heavy atom. The molecule has 0 radical (unpaired) electrons. The highest BCUT2D eigenvalue weighted by Crippen LogP contribution is 2.06. The lowest BCUT2D eigenvalue weighted by atomic mass is 10.2. The first-order chi connectivity index (χ1) is 3.56. The fourth-order valence-electron chi connectivity index (χ4n) is 0.230. The highest BCUT2D eigenvalue weighted by molar-refractivity contribution is 9.11. The van der Waals surface area contributed by atoms with Crippen LogP contribution < -0.4 is 0 Å². The van der Waals surface area contributed by atoms with Gasteiger partial charge in [0.05, 0.1) is 11.9 Å². The predicted molar refractivity (Wildman–Crippen MR) is 38.9 cm³/mol. The molecule has 0 saturated carbocycles. The van der Waals surface area contributed by atoms with E-state index in [4.69, 9.17) is 4.74 Å². The van der Waals surface area contributed by atoms with Gasteiger partial charge in [-0.05, 0) is 20.8 Å². The lowest BCUT2D eigenvalue weighted by molar-refractivity contribution is 0.0772. The number of hydrogen-bond acceptors (Lipinski definition) is 1. The summed E-state index contributed by atoms with van der Waals surface area (Å²) in [7, 11) is 0. The van der Waals surface area contributed by atoms with E-state index in [9.17, 15) is 0 Å². The minimum absolute atomic E-state index is 0.0652. The Morgan fingerprint density at radius 1 is 1.38 bits per heavy atom. The molecule has 0 spiro atoms. The van der Waals surface area contributed by atoms with Gasteiger partial charge in [-0.15, -0.1) is 0 Å². The zero-order valence-electron chi connectivity index (χ0n) is 5.44. The maximum atomic E-state index is 5.15. The van der Waals surface area contributed by atoms with Crippen LogP contribution in [0.5, 0.6) is 0 Å². The maximum Gasteiger partial charge on any atom is 0.0998 e. The Balaban J connectivity index is 3.39. The minimum atomic E-state index is -0.0652. The smallest absolute Gasteiger partial charge is 0.0998 e. The van der Waals surface area contributed by atoms with Crippen LogP contribution in [0.2, 0.25) is 0 Å². The van der Waals surface area contributed by atoms with E-state index in [0.29, 0.717) is 0 Å². The summed E-state index contributed by atoms with van der Waals surface area (Å²) in [5, 5.41) is 0. The van der Waals surface area contributed by atoms with E-state index in [0.717, 1.165) is 0 Å². The van der Waals surface area contributed by atoms with E-state index >= 15 is 0 Å². The van der Waals surface area contributed by atoms with E-state index < -0.39 is 0 Å². The summed E-state index contributed by atoms with van der Waals surface area (Å²) in [6.07, 6.45) is 1.62. The van der Waals surface area contributed by atoms with Crippen LogP contribution in [0.3, 0.4) is 0 Å². The molecule has 2 heteroatoms. The molecule has 48 valence electrons. The molecule has 0 aromatic rings. The van der Waals surface area contributed by atoms with Crippen molar-refractivity contribution in [1.29, 1.82) is 0 Å². The lowest BCUT2D eigenvalue weighted by Gasteiger charge is -2.16. The second-order valence-electron chi connectivity index (χ2n) is 2.49. The van der Waals surface area contributed by atoms with Gasteiger partial charge >= 0.3 is 0 Å². The predicted octanol–water partition coefficient (Wildman–Crippen LogP) is 2.67. The summed E-state index contributed by atoms with van der Waals surface area (Å²) in [5.41, 5.74) is -0.0652. The van der Waals surface area contributed by atoms with Crippen molar-refractivity contribution in [2.45, 2.75) is 26.4 Å². The molecule has 0 rings (SSSR count). The molecule has 8 heavy (non-hydrogen) atoms. The second-order valence-corrected chi connectivity index (χ2v) is 3.02. The molecule has 0 aliphatic heterocycles. The molecule has 0 fully saturated rings. The van der Waals surface area contributed by atoms with Crippen LogP contribution >= 0.6 is 15.9 Å². The van der Waals surface area contributed by atoms with Crippen molar-refractivity contribution in [2.24, 2.45) is 0 Å². The van der Waals surface area contributed by atoms with Crippen LogP contribution in [-0.2, 0) is 4.74 Å². The Morgan fingerprint density at radius 2 is 1.88 bits per heavy atom. The maximum absolute atomic E-state index is 5.15. The molecule has 0 aromatic heterocycles. The summed E-state index contributed by atoms with van der Waals surface area (Å²) < 4.78 is 5.15. The molecule has 1 nitrogen and oxygen atoms in total. The zero-order chi connectivity index (χ0) is 6.62. The summed E-state index contributed by atoms with van der Waals surface area (Å²) in [6.45, 7) is 6.00. The molecule has 0 heterocycles. The molecule has 0 aliphatic rings. The summed E-state index contributed by atoms with van der Waals surface area (Å²) in [5.74, 6) is 0.